The van der Waals surface area contributed by atoms with Crippen LogP contribution in [0.5, 0.6) is 0 Å². The van der Waals surface area contributed by atoms with Crippen molar-refractivity contribution < 1.29 is 4.79 Å². The number of amides is 1. The summed E-state index contributed by atoms with van der Waals surface area (Å²) in [6, 6.07) is 2.23. The van der Waals surface area contributed by atoms with Gasteiger partial charge in [0.15, 0.2) is 5.96 Å². The minimum Gasteiger partial charge on any atom is -0.357 e. The number of nitrogens with one attached hydrogen (secondary N) is 2. The lowest BCUT2D eigenvalue weighted by molar-refractivity contribution is -0.134. The van der Waals surface area contributed by atoms with E-state index in [0.717, 1.165) is 57.9 Å². The first kappa shape index (κ1) is 19.7. The van der Waals surface area contributed by atoms with E-state index in [1.54, 1.807) is 6.20 Å². The van der Waals surface area contributed by atoms with E-state index in [1.807, 2.05) is 16.9 Å². The molecular weight excluding hydrogens is 340 g/mol. The number of aliphatic imine (C=N–C) groups is 1. The topological polar surface area (TPSA) is 74.6 Å². The third-order valence-corrected chi connectivity index (χ3v) is 5.51. The van der Waals surface area contributed by atoms with Gasteiger partial charge < -0.3 is 15.5 Å². The molecule has 1 aliphatic heterocycles. The summed E-state index contributed by atoms with van der Waals surface area (Å²) in [5.41, 5.74) is 0. The summed E-state index contributed by atoms with van der Waals surface area (Å²) < 4.78 is 1.95. The quantitative estimate of drug-likeness (QED) is 0.564. The molecule has 2 N–H and O–H groups in total. The first-order valence-electron chi connectivity index (χ1n) is 10.5. The minimum atomic E-state index is 0.272. The van der Waals surface area contributed by atoms with Gasteiger partial charge >= 0.3 is 0 Å². The summed E-state index contributed by atoms with van der Waals surface area (Å²) in [6.45, 7) is 8.36. The maximum absolute atomic E-state index is 12.6. The lowest BCUT2D eigenvalue weighted by atomic mass is 10.1. The molecule has 1 aliphatic carbocycles. The van der Waals surface area contributed by atoms with E-state index in [-0.39, 0.29) is 12.0 Å². The van der Waals surface area contributed by atoms with Crippen molar-refractivity contribution in [3.8, 4) is 0 Å². The van der Waals surface area contributed by atoms with E-state index in [9.17, 15) is 4.79 Å². The highest BCUT2D eigenvalue weighted by Gasteiger charge is 2.32. The molecule has 1 saturated heterocycles. The molecule has 7 heteroatoms. The molecular formula is C20H34N6O. The Balaban J connectivity index is 1.47. The summed E-state index contributed by atoms with van der Waals surface area (Å²) in [6.07, 6.45) is 9.35. The average Bonchev–Trinajstić information content (AvgIpc) is 3.41. The molecule has 0 aromatic carbocycles. The van der Waals surface area contributed by atoms with Gasteiger partial charge in [-0.25, -0.2) is 0 Å². The Morgan fingerprint density at radius 1 is 1.33 bits per heavy atom. The maximum Gasteiger partial charge on any atom is 0.225 e. The molecule has 0 radical (unpaired) electrons. The van der Waals surface area contributed by atoms with E-state index in [1.165, 1.54) is 12.8 Å². The molecule has 1 saturated carbocycles. The zero-order valence-corrected chi connectivity index (χ0v) is 16.7. The highest BCUT2D eigenvalue weighted by atomic mass is 16.2. The van der Waals surface area contributed by atoms with Crippen molar-refractivity contribution in [2.24, 2.45) is 16.8 Å². The lowest BCUT2D eigenvalue weighted by Gasteiger charge is -2.21. The van der Waals surface area contributed by atoms with E-state index in [2.05, 4.69) is 34.5 Å². The molecule has 2 atom stereocenters. The maximum atomic E-state index is 12.6. The summed E-state index contributed by atoms with van der Waals surface area (Å²) in [7, 11) is 0. The highest BCUT2D eigenvalue weighted by Crippen LogP contribution is 2.27. The zero-order valence-electron chi connectivity index (χ0n) is 16.7. The van der Waals surface area contributed by atoms with Crippen LogP contribution >= 0.6 is 0 Å². The fraction of sp³-hybridized carbons (Fsp3) is 0.750. The molecule has 0 bridgehead atoms. The molecule has 150 valence electrons. The largest absolute Gasteiger partial charge is 0.357 e. The number of hydrogen-bond donors (Lipinski definition) is 2. The molecule has 1 aromatic heterocycles. The molecule has 0 spiro atoms. The second-order valence-corrected chi connectivity index (χ2v) is 7.95. The molecule has 1 amide bonds. The van der Waals surface area contributed by atoms with Gasteiger partial charge in [0, 0.05) is 57.1 Å². The van der Waals surface area contributed by atoms with Crippen molar-refractivity contribution in [1.82, 2.24) is 25.3 Å². The summed E-state index contributed by atoms with van der Waals surface area (Å²) >= 11 is 0. The monoisotopic (exact) mass is 374 g/mol. The van der Waals surface area contributed by atoms with Gasteiger partial charge in [0.05, 0.1) is 0 Å². The number of likely N-dealkylation sites (tertiary alicyclic amines) is 1. The second-order valence-electron chi connectivity index (χ2n) is 7.95. The predicted octanol–water partition coefficient (Wildman–Crippen LogP) is 1.87. The standard InChI is InChI=1S/C20H34N6O/c1-3-21-20(22-13-16(2)14-26-11-6-10-23-26)24-18-9-12-25(15-18)19(27)17-7-4-5-8-17/h6,10-11,16-18H,3-5,7-9,12-15H2,1-2H3,(H2,21,22,24). The van der Waals surface area contributed by atoms with Crippen LogP contribution in [0.15, 0.2) is 23.5 Å². The van der Waals surface area contributed by atoms with Crippen LogP contribution in [-0.4, -0.2) is 58.8 Å². The highest BCUT2D eigenvalue weighted by molar-refractivity contribution is 5.81. The van der Waals surface area contributed by atoms with E-state index < -0.39 is 0 Å². The van der Waals surface area contributed by atoms with Crippen LogP contribution in [0.2, 0.25) is 0 Å². The smallest absolute Gasteiger partial charge is 0.225 e. The Labute approximate surface area is 162 Å². The Hall–Kier alpha value is -2.05. The third-order valence-electron chi connectivity index (χ3n) is 5.51. The zero-order chi connectivity index (χ0) is 19.1. The summed E-state index contributed by atoms with van der Waals surface area (Å²) in [5, 5.41) is 11.1. The molecule has 2 fully saturated rings. The van der Waals surface area contributed by atoms with E-state index in [4.69, 9.17) is 4.99 Å². The number of hydrogen-bond acceptors (Lipinski definition) is 3. The third kappa shape index (κ3) is 5.71. The van der Waals surface area contributed by atoms with Gasteiger partial charge in [0.2, 0.25) is 5.91 Å². The van der Waals surface area contributed by atoms with Crippen LogP contribution in [0, 0.1) is 11.8 Å². The molecule has 3 rings (SSSR count). The van der Waals surface area contributed by atoms with Gasteiger partial charge in [-0.05, 0) is 38.2 Å². The van der Waals surface area contributed by atoms with Crippen molar-refractivity contribution in [3.63, 3.8) is 0 Å². The predicted molar refractivity (Wildman–Crippen MR) is 107 cm³/mol. The van der Waals surface area contributed by atoms with Crippen molar-refractivity contribution in [2.45, 2.75) is 58.5 Å². The minimum absolute atomic E-state index is 0.272. The van der Waals surface area contributed by atoms with Crippen molar-refractivity contribution in [1.29, 1.82) is 0 Å². The van der Waals surface area contributed by atoms with Crippen LogP contribution in [0.4, 0.5) is 0 Å². The van der Waals surface area contributed by atoms with E-state index in [0.29, 0.717) is 11.8 Å². The molecule has 27 heavy (non-hydrogen) atoms. The average molecular weight is 375 g/mol. The first-order chi connectivity index (χ1) is 13.2. The van der Waals surface area contributed by atoms with Crippen LogP contribution in [0.25, 0.3) is 0 Å². The van der Waals surface area contributed by atoms with Crippen molar-refractivity contribution in [3.05, 3.63) is 18.5 Å². The molecule has 2 aliphatic rings. The van der Waals surface area contributed by atoms with E-state index >= 15 is 0 Å². The van der Waals surface area contributed by atoms with Gasteiger partial charge in [-0.15, -0.1) is 0 Å². The molecule has 2 unspecified atom stereocenters. The van der Waals surface area contributed by atoms with Crippen LogP contribution in [-0.2, 0) is 11.3 Å². The SMILES string of the molecule is CCNC(=NCC(C)Cn1cccn1)NC1CCN(C(=O)C2CCCC2)C1. The van der Waals surface area contributed by atoms with Gasteiger partial charge in [-0.1, -0.05) is 19.8 Å². The Bertz CT molecular complexity index is 608. The van der Waals surface area contributed by atoms with Gasteiger partial charge in [0.25, 0.3) is 0 Å². The van der Waals surface area contributed by atoms with Crippen molar-refractivity contribution >= 4 is 11.9 Å². The van der Waals surface area contributed by atoms with Gasteiger partial charge in [-0.2, -0.15) is 5.10 Å². The first-order valence-corrected chi connectivity index (χ1v) is 10.5. The number of carbonyl (C=O) groups is 1. The Morgan fingerprint density at radius 2 is 2.15 bits per heavy atom. The fourth-order valence-corrected chi connectivity index (χ4v) is 4.06. The van der Waals surface area contributed by atoms with Gasteiger partial charge in [-0.3, -0.25) is 14.5 Å². The van der Waals surface area contributed by atoms with Crippen LogP contribution in [0.1, 0.15) is 46.0 Å². The number of nitrogens with zero attached hydrogens (tertiary/aromatic N) is 4. The molecule has 2 heterocycles. The number of rotatable bonds is 7. The number of aromatic nitrogens is 2. The number of guanidine groups is 1. The molecule has 7 nitrogen and oxygen atoms in total. The van der Waals surface area contributed by atoms with Crippen LogP contribution in [0.3, 0.4) is 0 Å². The Morgan fingerprint density at radius 3 is 2.85 bits per heavy atom. The number of carbonyl (C=O) groups excluding carboxylic acids is 1. The summed E-state index contributed by atoms with van der Waals surface area (Å²) in [5.74, 6) is 1.90. The normalized spacial score (nSPS) is 22.2. The fourth-order valence-electron chi connectivity index (χ4n) is 4.06. The molecule has 1 aromatic rings. The van der Waals surface area contributed by atoms with Gasteiger partial charge in [0.1, 0.15) is 0 Å². The summed E-state index contributed by atoms with van der Waals surface area (Å²) in [4.78, 5) is 19.4. The van der Waals surface area contributed by atoms with Crippen molar-refractivity contribution in [2.75, 3.05) is 26.2 Å². The second kappa shape index (κ2) is 9.76. The Kier molecular flexibility index (Phi) is 7.12. The van der Waals surface area contributed by atoms with Crippen LogP contribution < -0.4 is 10.6 Å². The lowest BCUT2D eigenvalue weighted by Crippen LogP contribution is -2.45.